The number of aromatic amines is 1. The third kappa shape index (κ3) is 5.05. The Morgan fingerprint density at radius 1 is 1.14 bits per heavy atom. The minimum Gasteiger partial charge on any atom is -0.377 e. The fraction of sp³-hybridized carbons (Fsp3) is 0.630. The Labute approximate surface area is 207 Å². The summed E-state index contributed by atoms with van der Waals surface area (Å²) in [4.78, 5) is 18.8. The molecule has 1 saturated carbocycles. The van der Waals surface area contributed by atoms with Gasteiger partial charge in [0.05, 0.1) is 23.7 Å². The molecule has 1 saturated heterocycles. The second-order valence-electron chi connectivity index (χ2n) is 10.8. The number of aromatic nitrogens is 5. The Kier molecular flexibility index (Phi) is 7.02. The Bertz CT molecular complexity index is 1220. The summed E-state index contributed by atoms with van der Waals surface area (Å²) in [6, 6.07) is 6.67. The van der Waals surface area contributed by atoms with Crippen LogP contribution < -0.4 is 5.56 Å². The molecule has 3 aromatic rings. The van der Waals surface area contributed by atoms with Crippen LogP contribution in [-0.2, 0) is 11.3 Å². The van der Waals surface area contributed by atoms with Crippen LogP contribution in [0.3, 0.4) is 0 Å². The van der Waals surface area contributed by atoms with Gasteiger partial charge in [0.15, 0.2) is 5.82 Å². The van der Waals surface area contributed by atoms with Crippen molar-refractivity contribution in [3.8, 4) is 0 Å². The van der Waals surface area contributed by atoms with Crippen LogP contribution in [0.4, 0.5) is 0 Å². The van der Waals surface area contributed by atoms with Gasteiger partial charge in [-0.05, 0) is 79.0 Å². The van der Waals surface area contributed by atoms with E-state index in [0.717, 1.165) is 66.7 Å². The summed E-state index contributed by atoms with van der Waals surface area (Å²) < 4.78 is 8.11. The van der Waals surface area contributed by atoms with E-state index < -0.39 is 0 Å². The molecule has 2 atom stereocenters. The minimum atomic E-state index is -0.0281. The minimum absolute atomic E-state index is 0.0101. The largest absolute Gasteiger partial charge is 0.377 e. The lowest BCUT2D eigenvalue weighted by atomic mass is 9.99. The first-order valence-corrected chi connectivity index (χ1v) is 13.2. The third-order valence-electron chi connectivity index (χ3n) is 7.68. The molecule has 1 aliphatic carbocycles. The highest BCUT2D eigenvalue weighted by Gasteiger charge is 2.34. The first-order valence-electron chi connectivity index (χ1n) is 13.2. The van der Waals surface area contributed by atoms with Gasteiger partial charge in [0.25, 0.3) is 5.56 Å². The van der Waals surface area contributed by atoms with E-state index in [1.165, 1.54) is 18.4 Å². The Balaban J connectivity index is 1.53. The normalized spacial score (nSPS) is 20.0. The molecule has 0 unspecified atom stereocenters. The molecule has 0 spiro atoms. The molecule has 3 heterocycles. The maximum atomic E-state index is 13.2. The smallest absolute Gasteiger partial charge is 0.252 e. The number of pyridine rings is 1. The average molecular weight is 479 g/mol. The number of hydrogen-bond donors (Lipinski definition) is 1. The molecule has 0 radical (unpaired) electrons. The van der Waals surface area contributed by atoms with Gasteiger partial charge in [-0.2, -0.15) is 0 Å². The number of nitrogens with zero attached hydrogens (tertiary/aromatic N) is 5. The van der Waals surface area contributed by atoms with Gasteiger partial charge in [-0.3, -0.25) is 9.69 Å². The Morgan fingerprint density at radius 3 is 2.66 bits per heavy atom. The van der Waals surface area contributed by atoms with Crippen molar-refractivity contribution >= 4 is 10.9 Å². The summed E-state index contributed by atoms with van der Waals surface area (Å²) in [5.74, 6) is 1.18. The summed E-state index contributed by atoms with van der Waals surface area (Å²) in [6.45, 7) is 10.7. The lowest BCUT2D eigenvalue weighted by molar-refractivity contribution is 0.0379. The SMILES string of the molecule is Cc1cc(C)c2[nH]c(=O)c(CN(C[C@H]3CCCO3)[C@@H](c3nnnn3C3CCCC3)C(C)C)cc2c1. The first kappa shape index (κ1) is 24.1. The molecule has 35 heavy (non-hydrogen) atoms. The van der Waals surface area contributed by atoms with E-state index >= 15 is 0 Å². The van der Waals surface area contributed by atoms with Crippen molar-refractivity contribution < 1.29 is 4.74 Å². The van der Waals surface area contributed by atoms with Gasteiger partial charge < -0.3 is 9.72 Å². The number of nitrogens with one attached hydrogen (secondary N) is 1. The van der Waals surface area contributed by atoms with Crippen LogP contribution >= 0.6 is 0 Å². The van der Waals surface area contributed by atoms with E-state index in [4.69, 9.17) is 4.74 Å². The molecular weight excluding hydrogens is 440 g/mol. The maximum absolute atomic E-state index is 13.2. The molecule has 2 fully saturated rings. The number of aryl methyl sites for hydroxylation is 2. The molecule has 8 nitrogen and oxygen atoms in total. The van der Waals surface area contributed by atoms with E-state index in [-0.39, 0.29) is 23.6 Å². The third-order valence-corrected chi connectivity index (χ3v) is 7.68. The summed E-state index contributed by atoms with van der Waals surface area (Å²) in [7, 11) is 0. The lowest BCUT2D eigenvalue weighted by Crippen LogP contribution is -2.40. The number of fused-ring (bicyclic) bond motifs is 1. The fourth-order valence-corrected chi connectivity index (χ4v) is 6.08. The monoisotopic (exact) mass is 478 g/mol. The Hall–Kier alpha value is -2.58. The average Bonchev–Trinajstić information content (AvgIpc) is 3.57. The van der Waals surface area contributed by atoms with Crippen LogP contribution in [0, 0.1) is 19.8 Å². The van der Waals surface area contributed by atoms with Crippen LogP contribution in [0.5, 0.6) is 0 Å². The van der Waals surface area contributed by atoms with E-state index in [1.54, 1.807) is 0 Å². The Morgan fingerprint density at radius 2 is 1.94 bits per heavy atom. The standard InChI is InChI=1S/C27H38N6O2/c1-17(2)25(26-29-30-31-33(26)22-8-5-6-9-22)32(16-23-10-7-11-35-23)15-21-14-20-13-18(3)12-19(4)24(20)28-27(21)34/h12-14,17,22-23,25H,5-11,15-16H2,1-4H3,(H,28,34)/t23-,25-/m1/s1. The van der Waals surface area contributed by atoms with Crippen LogP contribution in [0.25, 0.3) is 10.9 Å². The first-order chi connectivity index (χ1) is 16.9. The molecule has 0 amide bonds. The van der Waals surface area contributed by atoms with Gasteiger partial charge in [0, 0.05) is 25.3 Å². The van der Waals surface area contributed by atoms with Crippen molar-refractivity contribution in [2.45, 2.75) is 91.0 Å². The summed E-state index contributed by atoms with van der Waals surface area (Å²) in [5.41, 5.74) is 3.95. The molecule has 8 heteroatoms. The van der Waals surface area contributed by atoms with Crippen molar-refractivity contribution in [3.05, 3.63) is 51.1 Å². The lowest BCUT2D eigenvalue weighted by Gasteiger charge is -2.35. The van der Waals surface area contributed by atoms with Crippen LogP contribution in [0.2, 0.25) is 0 Å². The van der Waals surface area contributed by atoms with Crippen LogP contribution in [0.15, 0.2) is 23.0 Å². The predicted octanol–water partition coefficient (Wildman–Crippen LogP) is 4.62. The zero-order valence-electron chi connectivity index (χ0n) is 21.5. The summed E-state index contributed by atoms with van der Waals surface area (Å²) >= 11 is 0. The number of ether oxygens (including phenoxy) is 1. The van der Waals surface area contributed by atoms with Gasteiger partial charge in [0.2, 0.25) is 0 Å². The van der Waals surface area contributed by atoms with Crippen molar-refractivity contribution in [1.29, 1.82) is 0 Å². The second-order valence-corrected chi connectivity index (χ2v) is 10.8. The zero-order chi connectivity index (χ0) is 24.5. The number of rotatable bonds is 8. The van der Waals surface area contributed by atoms with Gasteiger partial charge in [-0.1, -0.05) is 38.3 Å². The predicted molar refractivity (Wildman–Crippen MR) is 136 cm³/mol. The number of H-pyrrole nitrogens is 1. The van der Waals surface area contributed by atoms with E-state index in [0.29, 0.717) is 12.6 Å². The van der Waals surface area contributed by atoms with Crippen molar-refractivity contribution in [1.82, 2.24) is 30.1 Å². The molecule has 1 aromatic carbocycles. The molecule has 2 aromatic heterocycles. The topological polar surface area (TPSA) is 88.9 Å². The van der Waals surface area contributed by atoms with Crippen molar-refractivity contribution in [2.24, 2.45) is 5.92 Å². The molecular formula is C27H38N6O2. The molecule has 1 aliphatic heterocycles. The molecule has 2 aliphatic rings. The highest BCUT2D eigenvalue weighted by molar-refractivity contribution is 5.82. The van der Waals surface area contributed by atoms with Crippen LogP contribution in [0.1, 0.15) is 87.0 Å². The maximum Gasteiger partial charge on any atom is 0.252 e. The zero-order valence-corrected chi connectivity index (χ0v) is 21.5. The van der Waals surface area contributed by atoms with Crippen LogP contribution in [-0.4, -0.2) is 49.3 Å². The highest BCUT2D eigenvalue weighted by Crippen LogP contribution is 2.35. The number of benzene rings is 1. The highest BCUT2D eigenvalue weighted by atomic mass is 16.5. The molecule has 188 valence electrons. The van der Waals surface area contributed by atoms with Gasteiger partial charge >= 0.3 is 0 Å². The van der Waals surface area contributed by atoms with Crippen molar-refractivity contribution in [3.63, 3.8) is 0 Å². The molecule has 1 N–H and O–H groups in total. The number of hydrogen-bond acceptors (Lipinski definition) is 6. The molecule has 0 bridgehead atoms. The van der Waals surface area contributed by atoms with E-state index in [1.807, 2.05) is 6.92 Å². The number of tetrazole rings is 1. The van der Waals surface area contributed by atoms with Gasteiger partial charge in [0.1, 0.15) is 0 Å². The second kappa shape index (κ2) is 10.2. The van der Waals surface area contributed by atoms with Gasteiger partial charge in [-0.25, -0.2) is 4.68 Å². The van der Waals surface area contributed by atoms with E-state index in [9.17, 15) is 4.79 Å². The van der Waals surface area contributed by atoms with E-state index in [2.05, 4.69) is 69.1 Å². The van der Waals surface area contributed by atoms with Crippen molar-refractivity contribution in [2.75, 3.05) is 13.2 Å². The summed E-state index contributed by atoms with van der Waals surface area (Å²) in [6.07, 6.45) is 6.98. The van der Waals surface area contributed by atoms with Gasteiger partial charge in [-0.15, -0.1) is 5.10 Å². The fourth-order valence-electron chi connectivity index (χ4n) is 6.08. The summed E-state index contributed by atoms with van der Waals surface area (Å²) in [5, 5.41) is 14.2. The molecule has 5 rings (SSSR count). The quantitative estimate of drug-likeness (QED) is 0.508.